The number of nitrogens with zero attached hydrogens (tertiary/aromatic N) is 1. The third kappa shape index (κ3) is 11.6. The monoisotopic (exact) mass is 634 g/mol. The number of benzene rings is 2. The lowest BCUT2D eigenvalue weighted by Crippen LogP contribution is -2.54. The van der Waals surface area contributed by atoms with Crippen molar-refractivity contribution in [1.29, 1.82) is 0 Å². The molecule has 248 valence electrons. The highest BCUT2D eigenvalue weighted by molar-refractivity contribution is 5.95. The molecule has 4 amide bonds. The Morgan fingerprint density at radius 1 is 0.870 bits per heavy atom. The van der Waals surface area contributed by atoms with Crippen molar-refractivity contribution < 1.29 is 33.4 Å². The highest BCUT2D eigenvalue weighted by Gasteiger charge is 2.39. The van der Waals surface area contributed by atoms with Gasteiger partial charge >= 0.3 is 12.1 Å². The molecule has 0 spiro atoms. The van der Waals surface area contributed by atoms with Crippen LogP contribution in [0.15, 0.2) is 48.5 Å². The van der Waals surface area contributed by atoms with E-state index in [0.717, 1.165) is 16.0 Å². The number of alkyl carbamates (subject to hydrolysis) is 1. The number of nitrogens with two attached hydrogens (primary N) is 1. The highest BCUT2D eigenvalue weighted by atomic mass is 16.6. The lowest BCUT2D eigenvalue weighted by atomic mass is 9.94. The van der Waals surface area contributed by atoms with Gasteiger partial charge in [-0.2, -0.15) is 0 Å². The second-order valence-electron chi connectivity index (χ2n) is 13.0. The lowest BCUT2D eigenvalue weighted by molar-refractivity contribution is -0.159. The molecule has 4 N–H and O–H groups in total. The number of carbonyl (C=O) groups is 5. The van der Waals surface area contributed by atoms with Crippen LogP contribution in [0, 0.1) is 26.3 Å². The van der Waals surface area contributed by atoms with E-state index in [2.05, 4.69) is 16.7 Å². The topological polar surface area (TPSA) is 157 Å². The maximum Gasteiger partial charge on any atom is 0.408 e. The van der Waals surface area contributed by atoms with Crippen LogP contribution < -0.4 is 16.4 Å². The smallest absolute Gasteiger partial charge is 0.408 e. The first-order valence-corrected chi connectivity index (χ1v) is 15.0. The SMILES string of the molecule is C#CN(C(=O)C(CCC(N)=O)NC(=O)OC(C)(C)C)C(C(=O)NC(Cc1ccccc1)C(=O)OC(C)(C)C)c1cccc(C)c1C. The number of ether oxygens (including phenoxy) is 2. The van der Waals surface area contributed by atoms with Crippen molar-refractivity contribution in [2.75, 3.05) is 0 Å². The van der Waals surface area contributed by atoms with Crippen molar-refractivity contribution >= 4 is 29.8 Å². The first-order chi connectivity index (χ1) is 21.3. The molecule has 2 aromatic rings. The van der Waals surface area contributed by atoms with Crippen LogP contribution in [-0.4, -0.2) is 58.0 Å². The van der Waals surface area contributed by atoms with Crippen molar-refractivity contribution in [3.63, 3.8) is 0 Å². The summed E-state index contributed by atoms with van der Waals surface area (Å²) in [7, 11) is 0. The van der Waals surface area contributed by atoms with Crippen molar-refractivity contribution in [1.82, 2.24) is 15.5 Å². The van der Waals surface area contributed by atoms with Crippen LogP contribution in [0.25, 0.3) is 0 Å². The molecule has 0 aliphatic rings. The van der Waals surface area contributed by atoms with Gasteiger partial charge in [0.2, 0.25) is 11.8 Å². The number of esters is 1. The first kappa shape index (κ1) is 37.3. The van der Waals surface area contributed by atoms with E-state index in [-0.39, 0.29) is 19.3 Å². The number of amides is 4. The number of terminal acetylenes is 1. The molecular formula is C35H46N4O7. The minimum Gasteiger partial charge on any atom is -0.458 e. The lowest BCUT2D eigenvalue weighted by Gasteiger charge is -2.32. The molecule has 3 atom stereocenters. The highest BCUT2D eigenvalue weighted by Crippen LogP contribution is 2.28. The number of hydrogen-bond acceptors (Lipinski definition) is 7. The summed E-state index contributed by atoms with van der Waals surface area (Å²) in [5.74, 6) is -2.99. The predicted octanol–water partition coefficient (Wildman–Crippen LogP) is 3.99. The Labute approximate surface area is 271 Å². The molecule has 3 unspecified atom stereocenters. The van der Waals surface area contributed by atoms with E-state index >= 15 is 0 Å². The number of primary amides is 1. The molecule has 0 fully saturated rings. The summed E-state index contributed by atoms with van der Waals surface area (Å²) < 4.78 is 11.0. The fourth-order valence-electron chi connectivity index (χ4n) is 4.56. The van der Waals surface area contributed by atoms with Crippen molar-refractivity contribution in [3.05, 3.63) is 70.8 Å². The number of rotatable bonds is 12. The quantitative estimate of drug-likeness (QED) is 0.181. The maximum atomic E-state index is 14.3. The maximum absolute atomic E-state index is 14.3. The summed E-state index contributed by atoms with van der Waals surface area (Å²) in [6, 6.07) is 12.7. The summed E-state index contributed by atoms with van der Waals surface area (Å²) in [6.07, 6.45) is 4.62. The van der Waals surface area contributed by atoms with Gasteiger partial charge in [0.05, 0.1) is 0 Å². The Hall–Kier alpha value is -4.85. The van der Waals surface area contributed by atoms with Crippen molar-refractivity contribution in [2.45, 2.75) is 104 Å². The van der Waals surface area contributed by atoms with Gasteiger partial charge < -0.3 is 25.8 Å². The van der Waals surface area contributed by atoms with Crippen LogP contribution in [-0.2, 0) is 35.1 Å². The molecule has 0 saturated carbocycles. The van der Waals surface area contributed by atoms with Gasteiger partial charge in [0.15, 0.2) is 0 Å². The van der Waals surface area contributed by atoms with Gasteiger partial charge in [0, 0.05) is 18.9 Å². The van der Waals surface area contributed by atoms with E-state index in [1.807, 2.05) is 43.3 Å². The average Bonchev–Trinajstić information content (AvgIpc) is 2.93. The normalized spacial score (nSPS) is 13.3. The van der Waals surface area contributed by atoms with Crippen molar-refractivity contribution in [3.8, 4) is 12.5 Å². The predicted molar refractivity (Wildman–Crippen MR) is 174 cm³/mol. The Morgan fingerprint density at radius 2 is 1.48 bits per heavy atom. The molecule has 0 bridgehead atoms. The second kappa shape index (κ2) is 15.9. The zero-order valence-electron chi connectivity index (χ0n) is 27.9. The van der Waals surface area contributed by atoms with Gasteiger partial charge in [-0.15, -0.1) is 0 Å². The third-order valence-electron chi connectivity index (χ3n) is 6.78. The number of nitrogens with one attached hydrogen (secondary N) is 2. The second-order valence-corrected chi connectivity index (χ2v) is 13.0. The van der Waals surface area contributed by atoms with Crippen LogP contribution in [0.2, 0.25) is 0 Å². The Bertz CT molecular complexity index is 1450. The molecule has 0 radical (unpaired) electrons. The number of hydrogen-bond donors (Lipinski definition) is 3. The van der Waals surface area contributed by atoms with E-state index in [0.29, 0.717) is 11.1 Å². The van der Waals surface area contributed by atoms with Gasteiger partial charge in [-0.3, -0.25) is 19.3 Å². The molecule has 2 rings (SSSR count). The summed E-state index contributed by atoms with van der Waals surface area (Å²) in [4.78, 5) is 67.0. The fourth-order valence-corrected chi connectivity index (χ4v) is 4.56. The Kier molecular flexibility index (Phi) is 12.9. The zero-order chi connectivity index (χ0) is 34.8. The summed E-state index contributed by atoms with van der Waals surface area (Å²) in [6.45, 7) is 13.7. The summed E-state index contributed by atoms with van der Waals surface area (Å²) >= 11 is 0. The van der Waals surface area contributed by atoms with Gasteiger partial charge in [0.1, 0.15) is 29.3 Å². The van der Waals surface area contributed by atoms with Crippen LogP contribution >= 0.6 is 0 Å². The molecule has 11 heteroatoms. The van der Waals surface area contributed by atoms with E-state index in [1.54, 1.807) is 60.6 Å². The third-order valence-corrected chi connectivity index (χ3v) is 6.78. The number of aryl methyl sites for hydroxylation is 1. The molecule has 0 heterocycles. The van der Waals surface area contributed by atoms with E-state index in [4.69, 9.17) is 21.6 Å². The standard InChI is InChI=1S/C35H46N4O7/c1-10-39(31(42)26(19-20-28(36)40)38-33(44)46-35(7,8)9)29(25-18-14-15-22(2)23(25)3)30(41)37-27(32(43)45-34(4,5)6)21-24-16-12-11-13-17-24/h1,11-18,26-27,29H,19-21H2,2-9H3,(H2,36,40)(H,37,41)(H,38,44). The zero-order valence-corrected chi connectivity index (χ0v) is 27.9. The summed E-state index contributed by atoms with van der Waals surface area (Å²) in [5, 5.41) is 5.25. The van der Waals surface area contributed by atoms with Gasteiger partial charge in [-0.05, 0) is 84.1 Å². The first-order valence-electron chi connectivity index (χ1n) is 15.0. The minimum absolute atomic E-state index is 0.104. The largest absolute Gasteiger partial charge is 0.458 e. The molecule has 0 saturated heterocycles. The van der Waals surface area contributed by atoms with Crippen LogP contribution in [0.1, 0.15) is 82.7 Å². The van der Waals surface area contributed by atoms with Crippen LogP contribution in [0.5, 0.6) is 0 Å². The van der Waals surface area contributed by atoms with Gasteiger partial charge in [0.25, 0.3) is 5.91 Å². The number of carbonyl (C=O) groups excluding carboxylic acids is 5. The average molecular weight is 635 g/mol. The Balaban J connectivity index is 2.61. The molecule has 46 heavy (non-hydrogen) atoms. The molecule has 0 aliphatic carbocycles. The molecule has 11 nitrogen and oxygen atoms in total. The van der Waals surface area contributed by atoms with E-state index < -0.39 is 59.1 Å². The van der Waals surface area contributed by atoms with E-state index in [1.165, 1.54) is 0 Å². The fraction of sp³-hybridized carbons (Fsp3) is 0.457. The molecular weight excluding hydrogens is 588 g/mol. The van der Waals surface area contributed by atoms with Crippen LogP contribution in [0.4, 0.5) is 4.79 Å². The van der Waals surface area contributed by atoms with Gasteiger partial charge in [-0.1, -0.05) is 55.0 Å². The molecule has 0 aliphatic heterocycles. The van der Waals surface area contributed by atoms with Crippen LogP contribution in [0.3, 0.4) is 0 Å². The Morgan fingerprint density at radius 3 is 2.02 bits per heavy atom. The minimum atomic E-state index is -1.44. The molecule has 0 aromatic heterocycles. The van der Waals surface area contributed by atoms with E-state index in [9.17, 15) is 24.0 Å². The van der Waals surface area contributed by atoms with Crippen molar-refractivity contribution in [2.24, 2.45) is 5.73 Å². The van der Waals surface area contributed by atoms with Gasteiger partial charge in [-0.25, -0.2) is 9.59 Å². The summed E-state index contributed by atoms with van der Waals surface area (Å²) in [5.41, 5.74) is 6.29. The molecule has 2 aromatic carbocycles.